The van der Waals surface area contributed by atoms with Crippen molar-refractivity contribution in [2.45, 2.75) is 32.4 Å². The van der Waals surface area contributed by atoms with Crippen LogP contribution in [0.2, 0.25) is 0 Å². The molecule has 1 amide bonds. The van der Waals surface area contributed by atoms with E-state index in [0.29, 0.717) is 36.0 Å². The number of carbonyl (C=O) groups is 1. The molecule has 0 aliphatic rings. The Morgan fingerprint density at radius 1 is 0.818 bits per heavy atom. The van der Waals surface area contributed by atoms with Crippen LogP contribution in [0.4, 0.5) is 10.1 Å². The number of carbonyl (C=O) groups excluding carboxylic acids is 1. The van der Waals surface area contributed by atoms with Crippen LogP contribution < -0.4 is 16.6 Å². The van der Waals surface area contributed by atoms with Crippen molar-refractivity contribution in [1.29, 1.82) is 0 Å². The van der Waals surface area contributed by atoms with Crippen molar-refractivity contribution in [2.24, 2.45) is 0 Å². The zero-order valence-electron chi connectivity index (χ0n) is 18.0. The summed E-state index contributed by atoms with van der Waals surface area (Å²) in [5, 5.41) is 3.20. The van der Waals surface area contributed by atoms with E-state index in [-0.39, 0.29) is 35.9 Å². The molecule has 0 saturated carbocycles. The summed E-state index contributed by atoms with van der Waals surface area (Å²) in [6.45, 7) is 0.585. The SMILES string of the molecule is O=C(CCCCn1c(=O)c2ccccc2n(Cc2ccccc2)c1=O)Nc1ccc(F)cc1. The number of hydrogen-bond acceptors (Lipinski definition) is 3. The quantitative estimate of drug-likeness (QED) is 0.414. The number of rotatable bonds is 8. The topological polar surface area (TPSA) is 73.1 Å². The van der Waals surface area contributed by atoms with Crippen LogP contribution in [0, 0.1) is 5.82 Å². The molecule has 0 aliphatic heterocycles. The highest BCUT2D eigenvalue weighted by atomic mass is 19.1. The van der Waals surface area contributed by atoms with Crippen LogP contribution >= 0.6 is 0 Å². The van der Waals surface area contributed by atoms with Crippen LogP contribution in [0.3, 0.4) is 0 Å². The molecule has 1 aromatic heterocycles. The number of nitrogens with one attached hydrogen (secondary N) is 1. The summed E-state index contributed by atoms with van der Waals surface area (Å²) < 4.78 is 15.9. The van der Waals surface area contributed by atoms with Gasteiger partial charge in [0.1, 0.15) is 5.82 Å². The number of fused-ring (bicyclic) bond motifs is 1. The summed E-state index contributed by atoms with van der Waals surface area (Å²) >= 11 is 0. The summed E-state index contributed by atoms with van der Waals surface area (Å²) in [7, 11) is 0. The van der Waals surface area contributed by atoms with E-state index in [2.05, 4.69) is 5.32 Å². The minimum Gasteiger partial charge on any atom is -0.326 e. The Kier molecular flexibility index (Phi) is 6.78. The zero-order chi connectivity index (χ0) is 23.2. The monoisotopic (exact) mass is 445 g/mol. The molecule has 1 N–H and O–H groups in total. The highest BCUT2D eigenvalue weighted by Crippen LogP contribution is 2.12. The number of anilines is 1. The number of halogens is 1. The van der Waals surface area contributed by atoms with Gasteiger partial charge in [-0.1, -0.05) is 42.5 Å². The second kappa shape index (κ2) is 10.1. The van der Waals surface area contributed by atoms with Gasteiger partial charge in [-0.15, -0.1) is 0 Å². The lowest BCUT2D eigenvalue weighted by Gasteiger charge is -2.14. The molecule has 0 unspecified atom stereocenters. The van der Waals surface area contributed by atoms with Gasteiger partial charge in [0.25, 0.3) is 5.56 Å². The molecule has 0 spiro atoms. The normalized spacial score (nSPS) is 10.9. The van der Waals surface area contributed by atoms with E-state index >= 15 is 0 Å². The van der Waals surface area contributed by atoms with E-state index in [9.17, 15) is 18.8 Å². The van der Waals surface area contributed by atoms with Gasteiger partial charge in [0.2, 0.25) is 5.91 Å². The second-order valence-electron chi connectivity index (χ2n) is 7.84. The van der Waals surface area contributed by atoms with Crippen molar-refractivity contribution in [3.8, 4) is 0 Å². The first kappa shape index (κ1) is 22.2. The van der Waals surface area contributed by atoms with Crippen molar-refractivity contribution in [2.75, 3.05) is 5.32 Å². The van der Waals surface area contributed by atoms with Gasteiger partial charge in [0.05, 0.1) is 17.4 Å². The molecule has 0 aliphatic carbocycles. The molecule has 0 saturated heterocycles. The number of benzene rings is 3. The van der Waals surface area contributed by atoms with Gasteiger partial charge in [-0.3, -0.25) is 18.7 Å². The Labute approximate surface area is 189 Å². The van der Waals surface area contributed by atoms with E-state index in [1.54, 1.807) is 22.8 Å². The number of amides is 1. The predicted octanol–water partition coefficient (Wildman–Crippen LogP) is 4.16. The van der Waals surface area contributed by atoms with Crippen molar-refractivity contribution in [1.82, 2.24) is 9.13 Å². The van der Waals surface area contributed by atoms with Gasteiger partial charge in [-0.25, -0.2) is 9.18 Å². The van der Waals surface area contributed by atoms with Crippen molar-refractivity contribution in [3.63, 3.8) is 0 Å². The maximum Gasteiger partial charge on any atom is 0.331 e. The Morgan fingerprint density at radius 3 is 2.27 bits per heavy atom. The fourth-order valence-electron chi connectivity index (χ4n) is 3.80. The fourth-order valence-corrected chi connectivity index (χ4v) is 3.80. The molecular formula is C26H24FN3O3. The van der Waals surface area contributed by atoms with Crippen molar-refractivity contribution < 1.29 is 9.18 Å². The van der Waals surface area contributed by atoms with Crippen LogP contribution in [0.15, 0.2) is 88.5 Å². The van der Waals surface area contributed by atoms with Gasteiger partial charge < -0.3 is 5.32 Å². The number of nitrogens with zero attached hydrogens (tertiary/aromatic N) is 2. The first-order valence-corrected chi connectivity index (χ1v) is 10.8. The Hall–Kier alpha value is -4.00. The van der Waals surface area contributed by atoms with E-state index in [1.807, 2.05) is 36.4 Å². The number of hydrogen-bond donors (Lipinski definition) is 1. The maximum absolute atomic E-state index is 13.2. The van der Waals surface area contributed by atoms with Gasteiger partial charge in [-0.05, 0) is 54.8 Å². The van der Waals surface area contributed by atoms with Crippen molar-refractivity contribution >= 4 is 22.5 Å². The highest BCUT2D eigenvalue weighted by Gasteiger charge is 2.13. The zero-order valence-corrected chi connectivity index (χ0v) is 18.0. The van der Waals surface area contributed by atoms with E-state index in [0.717, 1.165) is 5.56 Å². The average molecular weight is 445 g/mol. The molecule has 1 heterocycles. The molecule has 168 valence electrons. The number of unbranched alkanes of at least 4 members (excludes halogenated alkanes) is 1. The minimum atomic E-state index is -0.369. The summed E-state index contributed by atoms with van der Waals surface area (Å²) in [6, 6.07) is 22.3. The van der Waals surface area contributed by atoms with E-state index in [1.165, 1.54) is 28.8 Å². The lowest BCUT2D eigenvalue weighted by Crippen LogP contribution is -2.40. The Bertz CT molecular complexity index is 1380. The molecule has 0 radical (unpaired) electrons. The van der Waals surface area contributed by atoms with Gasteiger partial charge in [0, 0.05) is 18.7 Å². The van der Waals surface area contributed by atoms with Crippen molar-refractivity contribution in [3.05, 3.63) is 111 Å². The smallest absolute Gasteiger partial charge is 0.326 e. The predicted molar refractivity (Wildman–Crippen MR) is 127 cm³/mol. The largest absolute Gasteiger partial charge is 0.331 e. The van der Waals surface area contributed by atoms with Crippen LogP contribution in [-0.4, -0.2) is 15.0 Å². The molecule has 7 heteroatoms. The molecule has 4 aromatic rings. The Morgan fingerprint density at radius 2 is 1.52 bits per heavy atom. The summed E-state index contributed by atoms with van der Waals surface area (Å²) in [5.74, 6) is -0.569. The van der Waals surface area contributed by atoms with E-state index in [4.69, 9.17) is 0 Å². The lowest BCUT2D eigenvalue weighted by molar-refractivity contribution is -0.116. The standard InChI is InChI=1S/C26H24FN3O3/c27-20-13-15-21(16-14-20)28-24(31)12-6-7-17-29-25(32)22-10-4-5-11-23(22)30(26(29)33)18-19-8-2-1-3-9-19/h1-5,8-11,13-16H,6-7,12,17-18H2,(H,28,31). The second-order valence-corrected chi connectivity index (χ2v) is 7.84. The van der Waals surface area contributed by atoms with Gasteiger partial charge in [-0.2, -0.15) is 0 Å². The first-order valence-electron chi connectivity index (χ1n) is 10.8. The first-order chi connectivity index (χ1) is 16.0. The third-order valence-electron chi connectivity index (χ3n) is 5.48. The molecule has 33 heavy (non-hydrogen) atoms. The Balaban J connectivity index is 1.48. The summed E-state index contributed by atoms with van der Waals surface area (Å²) in [4.78, 5) is 38.3. The number of para-hydroxylation sites is 1. The lowest BCUT2D eigenvalue weighted by atomic mass is 10.2. The fraction of sp³-hybridized carbons (Fsp3) is 0.192. The van der Waals surface area contributed by atoms with Gasteiger partial charge in [0.15, 0.2) is 0 Å². The highest BCUT2D eigenvalue weighted by molar-refractivity contribution is 5.90. The third kappa shape index (κ3) is 5.26. The molecular weight excluding hydrogens is 421 g/mol. The molecule has 0 bridgehead atoms. The third-order valence-corrected chi connectivity index (χ3v) is 5.48. The molecule has 0 fully saturated rings. The van der Waals surface area contributed by atoms with Crippen LogP contribution in [0.5, 0.6) is 0 Å². The molecule has 4 rings (SSSR count). The molecule has 6 nitrogen and oxygen atoms in total. The molecule has 3 aromatic carbocycles. The van der Waals surface area contributed by atoms with Crippen LogP contribution in [0.1, 0.15) is 24.8 Å². The minimum absolute atomic E-state index is 0.200. The summed E-state index contributed by atoms with van der Waals surface area (Å²) in [6.07, 6.45) is 1.23. The number of aromatic nitrogens is 2. The molecule has 0 atom stereocenters. The van der Waals surface area contributed by atoms with Gasteiger partial charge >= 0.3 is 5.69 Å². The van der Waals surface area contributed by atoms with Crippen LogP contribution in [-0.2, 0) is 17.9 Å². The summed E-state index contributed by atoms with van der Waals surface area (Å²) in [5.41, 5.74) is 1.41. The van der Waals surface area contributed by atoms with E-state index < -0.39 is 0 Å². The maximum atomic E-state index is 13.2. The van der Waals surface area contributed by atoms with Crippen LogP contribution in [0.25, 0.3) is 10.9 Å². The average Bonchev–Trinajstić information content (AvgIpc) is 2.83.